The summed E-state index contributed by atoms with van der Waals surface area (Å²) in [6.07, 6.45) is -10.7. The Morgan fingerprint density at radius 2 is 1.24 bits per heavy atom. The third kappa shape index (κ3) is 4.54. The van der Waals surface area contributed by atoms with Crippen molar-refractivity contribution in [3.8, 4) is 5.75 Å². The van der Waals surface area contributed by atoms with Gasteiger partial charge in [-0.05, 0) is 61.7 Å². The Kier molecular flexibility index (Phi) is 7.05. The SMILES string of the molecule is Cc1ccc(OC(c2ccc(C3(S(=O)(=O)c4ccc(F)cc4)CCCC3)cc2)(C(F)(F)F)C(F)(F)F)cc1. The molecule has 3 aromatic rings. The lowest BCUT2D eigenvalue weighted by atomic mass is 9.88. The molecular formula is C27H23F7O3S. The molecule has 1 aliphatic carbocycles. The summed E-state index contributed by atoms with van der Waals surface area (Å²) in [6, 6.07) is 12.0. The van der Waals surface area contributed by atoms with Crippen molar-refractivity contribution in [3.63, 3.8) is 0 Å². The van der Waals surface area contributed by atoms with Gasteiger partial charge in [0.2, 0.25) is 0 Å². The minimum Gasteiger partial charge on any atom is -0.464 e. The summed E-state index contributed by atoms with van der Waals surface area (Å²) in [7, 11) is -4.17. The molecule has 0 aromatic heterocycles. The number of benzene rings is 3. The number of hydrogen-bond acceptors (Lipinski definition) is 3. The highest BCUT2D eigenvalue weighted by atomic mass is 32.2. The van der Waals surface area contributed by atoms with Crippen molar-refractivity contribution in [1.82, 2.24) is 0 Å². The molecule has 204 valence electrons. The first-order chi connectivity index (χ1) is 17.6. The lowest BCUT2D eigenvalue weighted by Gasteiger charge is -2.38. The third-order valence-electron chi connectivity index (χ3n) is 6.96. The summed E-state index contributed by atoms with van der Waals surface area (Å²) in [5.41, 5.74) is -5.28. The van der Waals surface area contributed by atoms with Crippen LogP contribution in [0.25, 0.3) is 0 Å². The average Bonchev–Trinajstić information content (AvgIpc) is 3.35. The number of aryl methyl sites for hydroxylation is 1. The van der Waals surface area contributed by atoms with E-state index in [0.29, 0.717) is 30.5 Å². The molecule has 0 amide bonds. The first-order valence-corrected chi connectivity index (χ1v) is 13.1. The molecule has 1 aliphatic rings. The van der Waals surface area contributed by atoms with Crippen LogP contribution in [0.5, 0.6) is 5.75 Å². The van der Waals surface area contributed by atoms with Gasteiger partial charge < -0.3 is 4.74 Å². The molecule has 1 saturated carbocycles. The minimum absolute atomic E-state index is 0.0525. The van der Waals surface area contributed by atoms with E-state index in [2.05, 4.69) is 0 Å². The third-order valence-corrected chi connectivity index (χ3v) is 9.52. The maximum Gasteiger partial charge on any atom is 0.442 e. The van der Waals surface area contributed by atoms with Crippen molar-refractivity contribution in [2.75, 3.05) is 0 Å². The predicted octanol–water partition coefficient (Wildman–Crippen LogP) is 7.78. The summed E-state index contributed by atoms with van der Waals surface area (Å²) < 4.78 is 129. The topological polar surface area (TPSA) is 43.4 Å². The Bertz CT molecular complexity index is 1360. The molecule has 3 aromatic carbocycles. The van der Waals surface area contributed by atoms with Gasteiger partial charge in [-0.3, -0.25) is 0 Å². The molecule has 0 aliphatic heterocycles. The van der Waals surface area contributed by atoms with Crippen LogP contribution in [-0.4, -0.2) is 20.8 Å². The van der Waals surface area contributed by atoms with Crippen LogP contribution < -0.4 is 4.74 Å². The second-order valence-electron chi connectivity index (χ2n) is 9.33. The van der Waals surface area contributed by atoms with Crippen molar-refractivity contribution in [2.24, 2.45) is 0 Å². The van der Waals surface area contributed by atoms with Gasteiger partial charge in [0.25, 0.3) is 0 Å². The Labute approximate surface area is 215 Å². The number of halogens is 7. The smallest absolute Gasteiger partial charge is 0.442 e. The molecule has 0 saturated heterocycles. The minimum atomic E-state index is -5.91. The van der Waals surface area contributed by atoms with Crippen LogP contribution in [0, 0.1) is 12.7 Å². The maximum atomic E-state index is 14.3. The van der Waals surface area contributed by atoms with Crippen molar-refractivity contribution in [3.05, 3.63) is 95.3 Å². The number of alkyl halides is 6. The second-order valence-corrected chi connectivity index (χ2v) is 11.6. The van der Waals surface area contributed by atoms with Crippen molar-refractivity contribution < 1.29 is 43.9 Å². The molecule has 11 heteroatoms. The Hall–Kier alpha value is -3.08. The standard InChI is InChI=1S/C27H23F7O3S/c1-18-4-12-22(13-5-18)37-25(26(29,30)31,27(32,33)34)20-8-6-19(7-9-20)24(16-2-3-17-24)38(35,36)23-14-10-21(28)11-15-23/h4-15H,2-3,16-17H2,1H3. The van der Waals surface area contributed by atoms with Gasteiger partial charge in [-0.2, -0.15) is 26.3 Å². The van der Waals surface area contributed by atoms with E-state index in [1.54, 1.807) is 6.92 Å². The van der Waals surface area contributed by atoms with Gasteiger partial charge in [0.15, 0.2) is 9.84 Å². The fraction of sp³-hybridized carbons (Fsp3) is 0.333. The van der Waals surface area contributed by atoms with E-state index in [-0.39, 0.29) is 23.3 Å². The molecule has 0 spiro atoms. The molecule has 1 fully saturated rings. The van der Waals surface area contributed by atoms with E-state index in [1.807, 2.05) is 0 Å². The fourth-order valence-electron chi connectivity index (χ4n) is 4.95. The Balaban J connectivity index is 1.84. The van der Waals surface area contributed by atoms with Gasteiger partial charge in [-0.25, -0.2) is 12.8 Å². The van der Waals surface area contributed by atoms with Gasteiger partial charge in [0, 0.05) is 5.56 Å². The summed E-state index contributed by atoms with van der Waals surface area (Å²) in [5, 5.41) is 0. The van der Waals surface area contributed by atoms with E-state index in [1.165, 1.54) is 12.1 Å². The zero-order chi connectivity index (χ0) is 28.0. The molecule has 0 atom stereocenters. The van der Waals surface area contributed by atoms with E-state index in [0.717, 1.165) is 48.5 Å². The maximum absolute atomic E-state index is 14.3. The molecule has 0 N–H and O–H groups in total. The van der Waals surface area contributed by atoms with Gasteiger partial charge in [0.05, 0.1) is 4.90 Å². The van der Waals surface area contributed by atoms with Crippen LogP contribution in [0.4, 0.5) is 30.7 Å². The quantitative estimate of drug-likeness (QED) is 0.229. The van der Waals surface area contributed by atoms with Crippen LogP contribution in [-0.2, 0) is 20.2 Å². The van der Waals surface area contributed by atoms with Gasteiger partial charge in [0.1, 0.15) is 16.3 Å². The van der Waals surface area contributed by atoms with Crippen molar-refractivity contribution >= 4 is 9.84 Å². The van der Waals surface area contributed by atoms with E-state index < -0.39 is 49.7 Å². The van der Waals surface area contributed by atoms with Crippen LogP contribution >= 0.6 is 0 Å². The van der Waals surface area contributed by atoms with Crippen LogP contribution in [0.15, 0.2) is 77.7 Å². The summed E-state index contributed by atoms with van der Waals surface area (Å²) in [4.78, 5) is -0.187. The molecule has 0 radical (unpaired) electrons. The van der Waals surface area contributed by atoms with E-state index in [4.69, 9.17) is 4.74 Å². The first kappa shape index (κ1) is 27.9. The number of rotatable bonds is 6. The van der Waals surface area contributed by atoms with Crippen molar-refractivity contribution in [2.45, 2.75) is 60.2 Å². The number of sulfone groups is 1. The molecule has 0 unspecified atom stereocenters. The molecule has 38 heavy (non-hydrogen) atoms. The van der Waals surface area contributed by atoms with Gasteiger partial charge in [-0.15, -0.1) is 0 Å². The summed E-state index contributed by atoms with van der Waals surface area (Å²) >= 11 is 0. The molecule has 0 heterocycles. The van der Waals surface area contributed by atoms with E-state index in [9.17, 15) is 39.2 Å². The zero-order valence-electron chi connectivity index (χ0n) is 20.0. The predicted molar refractivity (Wildman–Crippen MR) is 126 cm³/mol. The first-order valence-electron chi connectivity index (χ1n) is 11.6. The normalized spacial score (nSPS) is 16.4. The Morgan fingerprint density at radius 1 is 0.737 bits per heavy atom. The van der Waals surface area contributed by atoms with Crippen molar-refractivity contribution in [1.29, 1.82) is 0 Å². The highest BCUT2D eigenvalue weighted by molar-refractivity contribution is 7.92. The lowest BCUT2D eigenvalue weighted by molar-refractivity contribution is -0.365. The van der Waals surface area contributed by atoms with Crippen LogP contribution in [0.3, 0.4) is 0 Å². The Morgan fingerprint density at radius 3 is 1.71 bits per heavy atom. The highest BCUT2D eigenvalue weighted by Crippen LogP contribution is 2.54. The molecule has 4 rings (SSSR count). The summed E-state index contributed by atoms with van der Waals surface area (Å²) in [6.45, 7) is 1.61. The van der Waals surface area contributed by atoms with Crippen LogP contribution in [0.1, 0.15) is 42.4 Å². The van der Waals surface area contributed by atoms with E-state index >= 15 is 0 Å². The molecule has 0 bridgehead atoms. The molecule has 3 nitrogen and oxygen atoms in total. The monoisotopic (exact) mass is 560 g/mol. The molecular weight excluding hydrogens is 537 g/mol. The number of hydrogen-bond donors (Lipinski definition) is 0. The average molecular weight is 561 g/mol. The fourth-order valence-corrected chi connectivity index (χ4v) is 7.17. The summed E-state index contributed by atoms with van der Waals surface area (Å²) in [5.74, 6) is -1.29. The zero-order valence-corrected chi connectivity index (χ0v) is 20.9. The van der Waals surface area contributed by atoms with Crippen LogP contribution in [0.2, 0.25) is 0 Å². The lowest BCUT2D eigenvalue weighted by Crippen LogP contribution is -2.58. The highest BCUT2D eigenvalue weighted by Gasteiger charge is 2.74. The number of ether oxygens (including phenoxy) is 1. The van der Waals surface area contributed by atoms with Gasteiger partial charge >= 0.3 is 18.0 Å². The largest absolute Gasteiger partial charge is 0.464 e. The van der Waals surface area contributed by atoms with Gasteiger partial charge in [-0.1, -0.05) is 54.8 Å². The second kappa shape index (κ2) is 9.59.